The van der Waals surface area contributed by atoms with E-state index in [2.05, 4.69) is 10.3 Å². The maximum absolute atomic E-state index is 13.2. The van der Waals surface area contributed by atoms with E-state index in [0.29, 0.717) is 29.3 Å². The van der Waals surface area contributed by atoms with Crippen molar-refractivity contribution in [1.29, 1.82) is 0 Å². The van der Waals surface area contributed by atoms with Crippen molar-refractivity contribution in [2.45, 2.75) is 13.5 Å². The second kappa shape index (κ2) is 8.83. The van der Waals surface area contributed by atoms with Crippen molar-refractivity contribution < 1.29 is 14.3 Å². The number of pyridine rings is 2. The Hall–Kier alpha value is -3.93. The Morgan fingerprint density at radius 1 is 1.03 bits per heavy atom. The third-order valence-electron chi connectivity index (χ3n) is 5.10. The normalized spacial score (nSPS) is 10.7. The summed E-state index contributed by atoms with van der Waals surface area (Å²) in [5.41, 5.74) is 4.82. The number of methoxy groups -OCH3 is 2. The summed E-state index contributed by atoms with van der Waals surface area (Å²) < 4.78 is 10.7. The van der Waals surface area contributed by atoms with Gasteiger partial charge >= 0.3 is 0 Å². The molecular weight excluding hydrogens is 390 g/mol. The van der Waals surface area contributed by atoms with Crippen LogP contribution in [0.2, 0.25) is 0 Å². The Bertz CT molecular complexity index is 1240. The van der Waals surface area contributed by atoms with E-state index in [1.165, 1.54) is 0 Å². The molecule has 0 saturated carbocycles. The van der Waals surface area contributed by atoms with Crippen molar-refractivity contribution in [2.24, 2.45) is 0 Å². The minimum atomic E-state index is -0.180. The van der Waals surface area contributed by atoms with Gasteiger partial charge < -0.3 is 14.8 Å². The van der Waals surface area contributed by atoms with Crippen molar-refractivity contribution in [1.82, 2.24) is 15.3 Å². The highest BCUT2D eigenvalue weighted by atomic mass is 16.5. The molecule has 0 aliphatic carbocycles. The SMILES string of the molecule is COc1ccc(CNC(=O)c2cc(-c3cccnc3)nc3ccc(C)cc23)c(OC)c1. The number of aromatic nitrogens is 2. The lowest BCUT2D eigenvalue weighted by Crippen LogP contribution is -2.23. The topological polar surface area (TPSA) is 73.3 Å². The average Bonchev–Trinajstić information content (AvgIpc) is 2.82. The first-order valence-corrected chi connectivity index (χ1v) is 9.90. The zero-order valence-corrected chi connectivity index (χ0v) is 17.7. The van der Waals surface area contributed by atoms with E-state index < -0.39 is 0 Å². The lowest BCUT2D eigenvalue weighted by atomic mass is 10.0. The number of hydrogen-bond acceptors (Lipinski definition) is 5. The summed E-state index contributed by atoms with van der Waals surface area (Å²) in [6, 6.07) is 17.0. The monoisotopic (exact) mass is 413 g/mol. The van der Waals surface area contributed by atoms with Gasteiger partial charge in [0, 0.05) is 41.5 Å². The van der Waals surface area contributed by atoms with E-state index in [1.807, 2.05) is 55.5 Å². The number of nitrogens with zero attached hydrogens (tertiary/aromatic N) is 2. The molecule has 2 aromatic carbocycles. The van der Waals surface area contributed by atoms with Gasteiger partial charge in [-0.1, -0.05) is 11.6 Å². The highest BCUT2D eigenvalue weighted by Gasteiger charge is 2.15. The van der Waals surface area contributed by atoms with Gasteiger partial charge in [0.05, 0.1) is 31.0 Å². The number of rotatable bonds is 6. The predicted molar refractivity (Wildman–Crippen MR) is 120 cm³/mol. The molecule has 0 spiro atoms. The van der Waals surface area contributed by atoms with E-state index in [4.69, 9.17) is 14.5 Å². The van der Waals surface area contributed by atoms with Crippen LogP contribution < -0.4 is 14.8 Å². The van der Waals surface area contributed by atoms with Gasteiger partial charge in [0.1, 0.15) is 11.5 Å². The van der Waals surface area contributed by atoms with Crippen LogP contribution in [-0.4, -0.2) is 30.1 Å². The van der Waals surface area contributed by atoms with Crippen LogP contribution >= 0.6 is 0 Å². The van der Waals surface area contributed by atoms with Gasteiger partial charge in [0.15, 0.2) is 0 Å². The Balaban J connectivity index is 1.69. The molecule has 6 heteroatoms. The van der Waals surface area contributed by atoms with Gasteiger partial charge in [-0.25, -0.2) is 4.98 Å². The molecule has 0 radical (unpaired) electrons. The fraction of sp³-hybridized carbons (Fsp3) is 0.160. The lowest BCUT2D eigenvalue weighted by Gasteiger charge is -2.13. The Morgan fingerprint density at radius 3 is 2.65 bits per heavy atom. The summed E-state index contributed by atoms with van der Waals surface area (Å²) in [6.45, 7) is 2.32. The predicted octanol–water partition coefficient (Wildman–Crippen LogP) is 4.55. The zero-order chi connectivity index (χ0) is 21.8. The van der Waals surface area contributed by atoms with E-state index in [0.717, 1.165) is 27.6 Å². The fourth-order valence-corrected chi connectivity index (χ4v) is 3.46. The Morgan fingerprint density at radius 2 is 1.90 bits per heavy atom. The molecule has 0 bridgehead atoms. The van der Waals surface area contributed by atoms with E-state index in [1.54, 1.807) is 32.7 Å². The molecule has 0 aliphatic rings. The Kier molecular flexibility index (Phi) is 5.80. The van der Waals surface area contributed by atoms with Crippen molar-refractivity contribution in [2.75, 3.05) is 14.2 Å². The molecule has 6 nitrogen and oxygen atoms in total. The summed E-state index contributed by atoms with van der Waals surface area (Å²) in [5.74, 6) is 1.18. The number of fused-ring (bicyclic) bond motifs is 1. The molecule has 2 aromatic heterocycles. The van der Waals surface area contributed by atoms with Gasteiger partial charge in [-0.2, -0.15) is 0 Å². The summed E-state index contributed by atoms with van der Waals surface area (Å²) in [7, 11) is 3.20. The summed E-state index contributed by atoms with van der Waals surface area (Å²) >= 11 is 0. The standard InChI is InChI=1S/C25H23N3O3/c1-16-6-9-22-20(11-16)21(13-23(28-22)17-5-4-10-26-14-17)25(29)27-15-18-7-8-19(30-2)12-24(18)31-3/h4-14H,15H2,1-3H3,(H,27,29). The number of aryl methyl sites for hydroxylation is 1. The fourth-order valence-electron chi connectivity index (χ4n) is 3.46. The van der Waals surface area contributed by atoms with Crippen molar-refractivity contribution >= 4 is 16.8 Å². The van der Waals surface area contributed by atoms with Crippen LogP contribution in [0.15, 0.2) is 67.0 Å². The lowest BCUT2D eigenvalue weighted by molar-refractivity contribution is 0.0952. The number of carbonyl (C=O) groups excluding carboxylic acids is 1. The second-order valence-electron chi connectivity index (χ2n) is 7.18. The second-order valence-corrected chi connectivity index (χ2v) is 7.18. The van der Waals surface area contributed by atoms with Crippen LogP contribution in [-0.2, 0) is 6.54 Å². The summed E-state index contributed by atoms with van der Waals surface area (Å²) in [5, 5.41) is 3.83. The summed E-state index contributed by atoms with van der Waals surface area (Å²) in [6.07, 6.45) is 3.45. The molecule has 4 aromatic rings. The molecule has 0 atom stereocenters. The zero-order valence-electron chi connectivity index (χ0n) is 17.7. The van der Waals surface area contributed by atoms with E-state index in [9.17, 15) is 4.79 Å². The first-order valence-electron chi connectivity index (χ1n) is 9.90. The van der Waals surface area contributed by atoms with Crippen molar-refractivity contribution in [3.63, 3.8) is 0 Å². The number of ether oxygens (including phenoxy) is 2. The third-order valence-corrected chi connectivity index (χ3v) is 5.10. The van der Waals surface area contributed by atoms with Crippen LogP contribution in [0.5, 0.6) is 11.5 Å². The van der Waals surface area contributed by atoms with Gasteiger partial charge in [0.25, 0.3) is 5.91 Å². The highest BCUT2D eigenvalue weighted by Crippen LogP contribution is 2.27. The van der Waals surface area contributed by atoms with Gasteiger partial charge in [-0.3, -0.25) is 9.78 Å². The first kappa shape index (κ1) is 20.3. The van der Waals surface area contributed by atoms with Crippen molar-refractivity contribution in [3.8, 4) is 22.8 Å². The minimum Gasteiger partial charge on any atom is -0.497 e. The van der Waals surface area contributed by atoms with Gasteiger partial charge in [-0.15, -0.1) is 0 Å². The number of amides is 1. The van der Waals surface area contributed by atoms with E-state index >= 15 is 0 Å². The van der Waals surface area contributed by atoms with Crippen LogP contribution in [0.3, 0.4) is 0 Å². The quantitative estimate of drug-likeness (QED) is 0.502. The number of benzene rings is 2. The number of carbonyl (C=O) groups is 1. The molecule has 31 heavy (non-hydrogen) atoms. The first-order chi connectivity index (χ1) is 15.1. The maximum atomic E-state index is 13.2. The maximum Gasteiger partial charge on any atom is 0.252 e. The number of nitrogens with one attached hydrogen (secondary N) is 1. The molecule has 2 heterocycles. The van der Waals surface area contributed by atoms with Crippen LogP contribution in [0, 0.1) is 6.92 Å². The van der Waals surface area contributed by atoms with E-state index in [-0.39, 0.29) is 5.91 Å². The Labute approximate surface area is 180 Å². The highest BCUT2D eigenvalue weighted by molar-refractivity contribution is 6.07. The largest absolute Gasteiger partial charge is 0.497 e. The smallest absolute Gasteiger partial charge is 0.252 e. The molecular formula is C25H23N3O3. The molecule has 0 unspecified atom stereocenters. The molecule has 1 N–H and O–H groups in total. The van der Waals surface area contributed by atoms with Crippen LogP contribution in [0.1, 0.15) is 21.5 Å². The van der Waals surface area contributed by atoms with Gasteiger partial charge in [0.2, 0.25) is 0 Å². The minimum absolute atomic E-state index is 0.180. The van der Waals surface area contributed by atoms with Gasteiger partial charge in [-0.05, 0) is 49.4 Å². The van der Waals surface area contributed by atoms with Crippen LogP contribution in [0.25, 0.3) is 22.2 Å². The van der Waals surface area contributed by atoms with Crippen molar-refractivity contribution in [3.05, 3.63) is 83.7 Å². The third kappa shape index (κ3) is 4.33. The van der Waals surface area contributed by atoms with Crippen LogP contribution in [0.4, 0.5) is 0 Å². The summed E-state index contributed by atoms with van der Waals surface area (Å²) in [4.78, 5) is 22.1. The molecule has 0 aliphatic heterocycles. The molecule has 0 saturated heterocycles. The average molecular weight is 413 g/mol. The molecule has 1 amide bonds. The molecule has 4 rings (SSSR count). The number of hydrogen-bond donors (Lipinski definition) is 1. The molecule has 0 fully saturated rings. The molecule has 156 valence electrons.